The number of carbonyl (C=O) groups excluding carboxylic acids is 1. The van der Waals surface area contributed by atoms with Crippen molar-refractivity contribution in [2.75, 3.05) is 5.32 Å². The Labute approximate surface area is 230 Å². The first-order valence-corrected chi connectivity index (χ1v) is 13.8. The van der Waals surface area contributed by atoms with Gasteiger partial charge >= 0.3 is 0 Å². The molecule has 0 aliphatic heterocycles. The summed E-state index contributed by atoms with van der Waals surface area (Å²) in [7, 11) is 0. The van der Waals surface area contributed by atoms with Crippen LogP contribution in [0.4, 0.5) is 5.13 Å². The van der Waals surface area contributed by atoms with Crippen molar-refractivity contribution >= 4 is 22.4 Å². The van der Waals surface area contributed by atoms with Crippen molar-refractivity contribution in [2.45, 2.75) is 31.1 Å². The summed E-state index contributed by atoms with van der Waals surface area (Å²) in [4.78, 5) is 18.8. The number of benzene rings is 3. The molecule has 0 radical (unpaired) electrons. The van der Waals surface area contributed by atoms with Crippen LogP contribution in [-0.4, -0.2) is 21.1 Å². The highest BCUT2D eigenvalue weighted by Crippen LogP contribution is 2.63. The number of rotatable bonds is 5. The monoisotopic (exact) mass is 527 g/mol. The Hall–Kier alpha value is -4.54. The normalized spacial score (nSPS) is 22.5. The largest absolute Gasteiger partial charge is 0.301 e. The number of amides is 1. The maximum absolute atomic E-state index is 14.0. The zero-order chi connectivity index (χ0) is 26.6. The van der Waals surface area contributed by atoms with Gasteiger partial charge in [-0.3, -0.25) is 9.89 Å². The van der Waals surface area contributed by atoms with E-state index in [2.05, 4.69) is 51.9 Å². The van der Waals surface area contributed by atoms with E-state index >= 15 is 0 Å². The summed E-state index contributed by atoms with van der Waals surface area (Å²) in [6.45, 7) is 2.00. The topological polar surface area (TPSA) is 94.5 Å². The smallest absolute Gasteiger partial charge is 0.233 e. The number of nitriles is 1. The van der Waals surface area contributed by atoms with Crippen molar-refractivity contribution < 1.29 is 4.79 Å². The maximum Gasteiger partial charge on any atom is 0.233 e. The summed E-state index contributed by atoms with van der Waals surface area (Å²) in [5, 5.41) is 23.2. The van der Waals surface area contributed by atoms with Gasteiger partial charge in [0.2, 0.25) is 5.91 Å². The third-order valence-corrected chi connectivity index (χ3v) is 9.16. The molecule has 8 rings (SSSR count). The molecule has 5 aromatic rings. The van der Waals surface area contributed by atoms with Gasteiger partial charge in [-0.1, -0.05) is 72.8 Å². The molecule has 1 unspecified atom stereocenters. The Morgan fingerprint density at radius 1 is 1.08 bits per heavy atom. The molecular formula is C32H25N5OS. The van der Waals surface area contributed by atoms with Crippen LogP contribution in [0, 0.1) is 16.7 Å². The first-order chi connectivity index (χ1) is 19.0. The molecule has 3 aliphatic rings. The maximum atomic E-state index is 14.0. The molecule has 2 bridgehead atoms. The molecule has 0 fully saturated rings. The molecule has 2 heterocycles. The van der Waals surface area contributed by atoms with Gasteiger partial charge in [-0.05, 0) is 46.7 Å². The lowest BCUT2D eigenvalue weighted by molar-refractivity contribution is -0.127. The zero-order valence-corrected chi connectivity index (χ0v) is 22.1. The van der Waals surface area contributed by atoms with Gasteiger partial charge < -0.3 is 5.32 Å². The summed E-state index contributed by atoms with van der Waals surface area (Å²) in [6.07, 6.45) is 4.78. The number of aromatic nitrogens is 3. The number of aromatic amines is 1. The lowest BCUT2D eigenvalue weighted by Crippen LogP contribution is -2.53. The Morgan fingerprint density at radius 2 is 1.82 bits per heavy atom. The van der Waals surface area contributed by atoms with Gasteiger partial charge in [0.05, 0.1) is 23.4 Å². The van der Waals surface area contributed by atoms with Crippen LogP contribution in [0.3, 0.4) is 0 Å². The highest BCUT2D eigenvalue weighted by molar-refractivity contribution is 7.13. The van der Waals surface area contributed by atoms with Gasteiger partial charge in [0.25, 0.3) is 0 Å². The summed E-state index contributed by atoms with van der Waals surface area (Å²) < 4.78 is 0. The van der Waals surface area contributed by atoms with Crippen LogP contribution in [-0.2, 0) is 16.6 Å². The standard InChI is InChI=1S/C32H25N5OS/c1-31(18-32(19-33)26-11-4-2-9-24(26)28(31)25-10-3-5-12-27(25)32)29(38)37-30-36-23(17-39-30)14-20-7-6-8-21(13-20)22-15-34-35-16-22/h2-13,15-17,28H,14,18H2,1H3,(H,34,35)(H,36,37,38). The Bertz CT molecular complexity index is 1720. The van der Waals surface area contributed by atoms with Gasteiger partial charge in [-0.2, -0.15) is 10.4 Å². The number of fused-ring (bicyclic) bond motifs is 1. The van der Waals surface area contributed by atoms with Gasteiger partial charge in [0.1, 0.15) is 5.41 Å². The molecule has 6 nitrogen and oxygen atoms in total. The number of anilines is 1. The fraction of sp³-hybridized carbons (Fsp3) is 0.188. The van der Waals surface area contributed by atoms with Crippen LogP contribution in [0.25, 0.3) is 11.1 Å². The number of thiazole rings is 1. The van der Waals surface area contributed by atoms with Crippen LogP contribution >= 0.6 is 11.3 Å². The SMILES string of the molecule is CC1(C(=O)Nc2nc(Cc3cccc(-c4cn[nH]c4)c3)cs2)CC2(C#N)c3ccccc3C1c1ccccc12. The third kappa shape index (κ3) is 3.56. The van der Waals surface area contributed by atoms with Gasteiger partial charge in [0, 0.05) is 29.5 Å². The third-order valence-electron chi connectivity index (χ3n) is 8.36. The van der Waals surface area contributed by atoms with Crippen LogP contribution < -0.4 is 5.32 Å². The van der Waals surface area contributed by atoms with Gasteiger partial charge in [-0.15, -0.1) is 11.3 Å². The quantitative estimate of drug-likeness (QED) is 0.275. The number of hydrogen-bond donors (Lipinski definition) is 2. The lowest BCUT2D eigenvalue weighted by Gasteiger charge is -2.54. The highest BCUT2D eigenvalue weighted by Gasteiger charge is 2.61. The van der Waals surface area contributed by atoms with E-state index in [1.165, 1.54) is 11.3 Å². The fourth-order valence-electron chi connectivity index (χ4n) is 6.65. The van der Waals surface area contributed by atoms with E-state index in [1.807, 2.05) is 61.0 Å². The second kappa shape index (κ2) is 8.75. The predicted molar refractivity (Wildman–Crippen MR) is 151 cm³/mol. The molecule has 190 valence electrons. The minimum Gasteiger partial charge on any atom is -0.301 e. The summed E-state index contributed by atoms with van der Waals surface area (Å²) in [6, 6.07) is 27.2. The fourth-order valence-corrected chi connectivity index (χ4v) is 7.36. The van der Waals surface area contributed by atoms with E-state index in [9.17, 15) is 10.1 Å². The van der Waals surface area contributed by atoms with Crippen molar-refractivity contribution in [1.82, 2.24) is 15.2 Å². The average molecular weight is 528 g/mol. The van der Waals surface area contributed by atoms with Crippen molar-refractivity contribution in [1.29, 1.82) is 5.26 Å². The average Bonchev–Trinajstić information content (AvgIpc) is 3.66. The minimum atomic E-state index is -0.859. The zero-order valence-electron chi connectivity index (χ0n) is 21.3. The number of nitrogens with zero attached hydrogens (tertiary/aromatic N) is 3. The molecule has 0 spiro atoms. The predicted octanol–water partition coefficient (Wildman–Crippen LogP) is 6.43. The van der Waals surface area contributed by atoms with E-state index in [0.717, 1.165) is 44.6 Å². The first kappa shape index (κ1) is 23.6. The number of hydrogen-bond acceptors (Lipinski definition) is 5. The van der Waals surface area contributed by atoms with Gasteiger partial charge in [0.15, 0.2) is 5.13 Å². The minimum absolute atomic E-state index is 0.0982. The molecule has 0 saturated carbocycles. The van der Waals surface area contributed by atoms with E-state index in [4.69, 9.17) is 4.98 Å². The van der Waals surface area contributed by atoms with E-state index < -0.39 is 10.8 Å². The van der Waals surface area contributed by atoms with E-state index in [-0.39, 0.29) is 11.8 Å². The van der Waals surface area contributed by atoms with Crippen molar-refractivity contribution in [3.8, 4) is 17.2 Å². The second-order valence-electron chi connectivity index (χ2n) is 10.7. The molecular weight excluding hydrogens is 502 g/mol. The van der Waals surface area contributed by atoms with Crippen molar-refractivity contribution in [2.24, 2.45) is 5.41 Å². The molecule has 1 amide bonds. The summed E-state index contributed by atoms with van der Waals surface area (Å²) in [5.74, 6) is -0.232. The number of carbonyl (C=O) groups is 1. The molecule has 2 aromatic heterocycles. The second-order valence-corrected chi connectivity index (χ2v) is 11.5. The molecule has 3 aliphatic carbocycles. The van der Waals surface area contributed by atoms with Crippen LogP contribution in [0.1, 0.15) is 52.8 Å². The summed E-state index contributed by atoms with van der Waals surface area (Å²) in [5.41, 5.74) is 6.69. The number of nitrogens with one attached hydrogen (secondary N) is 2. The van der Waals surface area contributed by atoms with Crippen LogP contribution in [0.5, 0.6) is 0 Å². The molecule has 1 atom stereocenters. The first-order valence-electron chi connectivity index (χ1n) is 13.0. The Morgan fingerprint density at radius 3 is 2.51 bits per heavy atom. The Kier molecular flexibility index (Phi) is 5.29. The van der Waals surface area contributed by atoms with Crippen LogP contribution in [0.2, 0.25) is 0 Å². The van der Waals surface area contributed by atoms with E-state index in [0.29, 0.717) is 18.0 Å². The molecule has 39 heavy (non-hydrogen) atoms. The highest BCUT2D eigenvalue weighted by atomic mass is 32.1. The molecule has 3 aromatic carbocycles. The van der Waals surface area contributed by atoms with Crippen molar-refractivity contribution in [3.63, 3.8) is 0 Å². The lowest BCUT2D eigenvalue weighted by atomic mass is 9.47. The van der Waals surface area contributed by atoms with Crippen molar-refractivity contribution in [3.05, 3.63) is 124 Å². The summed E-state index contributed by atoms with van der Waals surface area (Å²) >= 11 is 1.43. The van der Waals surface area contributed by atoms with Gasteiger partial charge in [-0.25, -0.2) is 4.98 Å². The number of H-pyrrole nitrogens is 1. The molecule has 7 heteroatoms. The molecule has 0 saturated heterocycles. The molecule has 2 N–H and O–H groups in total. The van der Waals surface area contributed by atoms with Crippen LogP contribution in [0.15, 0.2) is 90.6 Å². The Balaban J connectivity index is 1.18. The van der Waals surface area contributed by atoms with E-state index in [1.54, 1.807) is 6.20 Å².